The number of halogens is 1. The van der Waals surface area contributed by atoms with Crippen LogP contribution >= 0.6 is 0 Å². The van der Waals surface area contributed by atoms with Crippen LogP contribution in [0.2, 0.25) is 0 Å². The molecule has 1 nitrogen and oxygen atoms in total. The summed E-state index contributed by atoms with van der Waals surface area (Å²) in [5, 5.41) is 0. The molecule has 1 atom stereocenters. The van der Waals surface area contributed by atoms with Crippen LogP contribution in [0.4, 0.5) is 4.39 Å². The largest absolute Gasteiger partial charge is 0.303 e. The van der Waals surface area contributed by atoms with Gasteiger partial charge >= 0.3 is 0 Å². The first kappa shape index (κ1) is 13.7. The standard InChI is InChI=1S/C14H26FN/c1-11(12(2)13(3)15)10-16-8-6-14(4,5)7-9-16/h11H,6-10H2,1-5H3/b13-12+. The van der Waals surface area contributed by atoms with Gasteiger partial charge in [-0.05, 0) is 56.7 Å². The highest BCUT2D eigenvalue weighted by Crippen LogP contribution is 2.30. The average molecular weight is 227 g/mol. The molecule has 1 aliphatic rings. The van der Waals surface area contributed by atoms with Crippen LogP contribution in [0.5, 0.6) is 0 Å². The van der Waals surface area contributed by atoms with E-state index in [1.54, 1.807) is 6.92 Å². The van der Waals surface area contributed by atoms with Crippen molar-refractivity contribution in [3.63, 3.8) is 0 Å². The maximum absolute atomic E-state index is 13.1. The molecule has 0 spiro atoms. The molecule has 1 rings (SSSR count). The van der Waals surface area contributed by atoms with Crippen LogP contribution in [0, 0.1) is 11.3 Å². The Balaban J connectivity index is 2.43. The van der Waals surface area contributed by atoms with Crippen LogP contribution in [0.25, 0.3) is 0 Å². The fourth-order valence-electron chi connectivity index (χ4n) is 2.20. The maximum atomic E-state index is 13.1. The van der Waals surface area contributed by atoms with Crippen LogP contribution in [0.3, 0.4) is 0 Å². The summed E-state index contributed by atoms with van der Waals surface area (Å²) in [5.74, 6) is 0.330. The van der Waals surface area contributed by atoms with Crippen molar-refractivity contribution in [3.05, 3.63) is 11.4 Å². The van der Waals surface area contributed by atoms with Crippen molar-refractivity contribution in [2.45, 2.75) is 47.5 Å². The quantitative estimate of drug-likeness (QED) is 0.704. The average Bonchev–Trinajstić information content (AvgIpc) is 2.19. The summed E-state index contributed by atoms with van der Waals surface area (Å²) in [6.45, 7) is 13.6. The lowest BCUT2D eigenvalue weighted by Gasteiger charge is -2.38. The summed E-state index contributed by atoms with van der Waals surface area (Å²) in [7, 11) is 0. The Kier molecular flexibility index (Phi) is 4.54. The molecule has 0 aliphatic carbocycles. The molecule has 1 heterocycles. The van der Waals surface area contributed by atoms with E-state index in [1.165, 1.54) is 12.8 Å². The molecule has 1 saturated heterocycles. The van der Waals surface area contributed by atoms with Crippen LogP contribution in [0.15, 0.2) is 11.4 Å². The lowest BCUT2D eigenvalue weighted by molar-refractivity contribution is 0.123. The van der Waals surface area contributed by atoms with Crippen molar-refractivity contribution in [1.82, 2.24) is 4.90 Å². The summed E-state index contributed by atoms with van der Waals surface area (Å²) in [4.78, 5) is 2.47. The number of allylic oxidation sites excluding steroid dienone is 1. The van der Waals surface area contributed by atoms with E-state index in [-0.39, 0.29) is 5.83 Å². The first-order valence-corrected chi connectivity index (χ1v) is 6.37. The van der Waals surface area contributed by atoms with E-state index in [9.17, 15) is 4.39 Å². The van der Waals surface area contributed by atoms with Crippen molar-refractivity contribution < 1.29 is 4.39 Å². The number of likely N-dealkylation sites (tertiary alicyclic amines) is 1. The summed E-state index contributed by atoms with van der Waals surface area (Å²) < 4.78 is 13.1. The zero-order valence-electron chi connectivity index (χ0n) is 11.4. The summed E-state index contributed by atoms with van der Waals surface area (Å²) in [6, 6.07) is 0. The fourth-order valence-corrected chi connectivity index (χ4v) is 2.20. The number of hydrogen-bond acceptors (Lipinski definition) is 1. The predicted octanol–water partition coefficient (Wildman–Crippen LogP) is 4.01. The van der Waals surface area contributed by atoms with E-state index in [4.69, 9.17) is 0 Å². The summed E-state index contributed by atoms with van der Waals surface area (Å²) in [5.41, 5.74) is 1.41. The Morgan fingerprint density at radius 1 is 1.25 bits per heavy atom. The van der Waals surface area contributed by atoms with E-state index in [2.05, 4.69) is 25.7 Å². The minimum atomic E-state index is -0.00941. The molecule has 0 N–H and O–H groups in total. The van der Waals surface area contributed by atoms with Gasteiger partial charge in [0, 0.05) is 6.54 Å². The Morgan fingerprint density at radius 3 is 2.19 bits per heavy atom. The van der Waals surface area contributed by atoms with Gasteiger partial charge in [0.05, 0.1) is 5.83 Å². The minimum Gasteiger partial charge on any atom is -0.303 e. The number of piperidine rings is 1. The Morgan fingerprint density at radius 2 is 1.75 bits per heavy atom. The highest BCUT2D eigenvalue weighted by atomic mass is 19.1. The second-order valence-electron chi connectivity index (χ2n) is 6.08. The van der Waals surface area contributed by atoms with Crippen molar-refractivity contribution in [2.75, 3.05) is 19.6 Å². The van der Waals surface area contributed by atoms with Crippen molar-refractivity contribution >= 4 is 0 Å². The van der Waals surface area contributed by atoms with Crippen LogP contribution < -0.4 is 0 Å². The molecule has 0 saturated carbocycles. The lowest BCUT2D eigenvalue weighted by Crippen LogP contribution is -2.39. The summed E-state index contributed by atoms with van der Waals surface area (Å²) in [6.07, 6.45) is 2.52. The Bertz CT molecular complexity index is 254. The third-order valence-corrected chi connectivity index (χ3v) is 4.02. The van der Waals surface area contributed by atoms with E-state index < -0.39 is 0 Å². The second kappa shape index (κ2) is 5.31. The Labute approximate surface area is 99.7 Å². The molecule has 1 fully saturated rings. The van der Waals surface area contributed by atoms with Gasteiger partial charge in [0.15, 0.2) is 0 Å². The first-order valence-electron chi connectivity index (χ1n) is 6.37. The van der Waals surface area contributed by atoms with E-state index >= 15 is 0 Å². The van der Waals surface area contributed by atoms with Crippen LogP contribution in [-0.2, 0) is 0 Å². The van der Waals surface area contributed by atoms with Gasteiger partial charge in [-0.15, -0.1) is 0 Å². The SMILES string of the molecule is C/C(F)=C(/C)C(C)CN1CCC(C)(C)CC1. The van der Waals surface area contributed by atoms with E-state index in [1.807, 2.05) is 6.92 Å². The molecule has 1 unspecified atom stereocenters. The topological polar surface area (TPSA) is 3.24 Å². The van der Waals surface area contributed by atoms with Crippen LogP contribution in [0.1, 0.15) is 47.5 Å². The molecule has 1 aliphatic heterocycles. The van der Waals surface area contributed by atoms with Crippen LogP contribution in [-0.4, -0.2) is 24.5 Å². The fraction of sp³-hybridized carbons (Fsp3) is 0.857. The molecule has 0 radical (unpaired) electrons. The number of hydrogen-bond donors (Lipinski definition) is 0. The molecular formula is C14H26FN. The Hall–Kier alpha value is -0.370. The molecule has 0 aromatic heterocycles. The van der Waals surface area contributed by atoms with Gasteiger partial charge in [-0.3, -0.25) is 0 Å². The molecule has 16 heavy (non-hydrogen) atoms. The van der Waals surface area contributed by atoms with Gasteiger partial charge < -0.3 is 4.90 Å². The monoisotopic (exact) mass is 227 g/mol. The zero-order valence-corrected chi connectivity index (χ0v) is 11.4. The normalized spacial score (nSPS) is 25.1. The molecule has 0 aromatic carbocycles. The lowest BCUT2D eigenvalue weighted by atomic mass is 9.82. The number of rotatable bonds is 3. The second-order valence-corrected chi connectivity index (χ2v) is 6.08. The maximum Gasteiger partial charge on any atom is 0.0961 e. The van der Waals surface area contributed by atoms with Crippen molar-refractivity contribution in [2.24, 2.45) is 11.3 Å². The highest BCUT2D eigenvalue weighted by molar-refractivity contribution is 5.06. The molecule has 0 aromatic rings. The summed E-state index contributed by atoms with van der Waals surface area (Å²) >= 11 is 0. The molecule has 94 valence electrons. The smallest absolute Gasteiger partial charge is 0.0961 e. The van der Waals surface area contributed by atoms with Gasteiger partial charge in [-0.1, -0.05) is 20.8 Å². The molecular weight excluding hydrogens is 201 g/mol. The van der Waals surface area contributed by atoms with Gasteiger partial charge in [0.1, 0.15) is 0 Å². The van der Waals surface area contributed by atoms with Gasteiger partial charge in [0.25, 0.3) is 0 Å². The van der Waals surface area contributed by atoms with Gasteiger partial charge in [-0.25, -0.2) is 4.39 Å². The van der Waals surface area contributed by atoms with Crippen molar-refractivity contribution in [3.8, 4) is 0 Å². The van der Waals surface area contributed by atoms with Gasteiger partial charge in [0.2, 0.25) is 0 Å². The minimum absolute atomic E-state index is 0.00941. The number of nitrogens with zero attached hydrogens (tertiary/aromatic N) is 1. The first-order chi connectivity index (χ1) is 7.32. The van der Waals surface area contributed by atoms with E-state index in [0.717, 1.165) is 25.2 Å². The zero-order chi connectivity index (χ0) is 12.3. The highest BCUT2D eigenvalue weighted by Gasteiger charge is 2.26. The molecule has 0 amide bonds. The molecule has 2 heteroatoms. The van der Waals surface area contributed by atoms with Crippen molar-refractivity contribution in [1.29, 1.82) is 0 Å². The van der Waals surface area contributed by atoms with Gasteiger partial charge in [-0.2, -0.15) is 0 Å². The van der Waals surface area contributed by atoms with E-state index in [0.29, 0.717) is 11.3 Å². The predicted molar refractivity (Wildman–Crippen MR) is 68.1 cm³/mol. The third-order valence-electron chi connectivity index (χ3n) is 4.02. The molecule has 0 bridgehead atoms. The third kappa shape index (κ3) is 3.89.